The van der Waals surface area contributed by atoms with Crippen LogP contribution < -0.4 is 5.32 Å². The molecule has 4 rings (SSSR count). The number of aliphatic imine (C=N–C) groups is 1. The van der Waals surface area contributed by atoms with Gasteiger partial charge in [-0.25, -0.2) is 19.0 Å². The standard InChI is InChI=1S/C24H24BrFN4O5S/c1-2-34-24(33)20-18(13-30-8-9-35-15(12-30)4-6-19(31)32)28-22(23-27-7-10-36-23)29-21(20)16-5-3-14(26)11-17(16)25/h3-7,10-11,15,21H,2,8-9,12-13H2,1H3,(H,28,29)(H,31,32)/b6-4+/t15-,21+/m1/s1. The molecule has 1 aromatic carbocycles. The Kier molecular flexibility index (Phi) is 8.62. The first kappa shape index (κ1) is 26.1. The highest BCUT2D eigenvalue weighted by atomic mass is 79.9. The smallest absolute Gasteiger partial charge is 0.338 e. The Balaban J connectivity index is 1.74. The first-order valence-corrected chi connectivity index (χ1v) is 12.9. The minimum atomic E-state index is -1.05. The second-order valence-electron chi connectivity index (χ2n) is 7.96. The lowest BCUT2D eigenvalue weighted by molar-refractivity contribution is -0.139. The highest BCUT2D eigenvalue weighted by Crippen LogP contribution is 2.37. The summed E-state index contributed by atoms with van der Waals surface area (Å²) in [6.45, 7) is 3.64. The van der Waals surface area contributed by atoms with Crippen molar-refractivity contribution >= 4 is 45.0 Å². The van der Waals surface area contributed by atoms with Crippen LogP contribution in [0.3, 0.4) is 0 Å². The van der Waals surface area contributed by atoms with Crippen LogP contribution in [0.4, 0.5) is 4.39 Å². The molecule has 2 aromatic rings. The van der Waals surface area contributed by atoms with Crippen LogP contribution in [0.2, 0.25) is 0 Å². The van der Waals surface area contributed by atoms with E-state index in [1.807, 2.05) is 5.38 Å². The number of thiazole rings is 1. The van der Waals surface area contributed by atoms with Crippen LogP contribution in [0, 0.1) is 5.82 Å². The fourth-order valence-electron chi connectivity index (χ4n) is 3.97. The van der Waals surface area contributed by atoms with Gasteiger partial charge < -0.3 is 19.9 Å². The molecule has 2 N–H and O–H groups in total. The summed E-state index contributed by atoms with van der Waals surface area (Å²) in [7, 11) is 0. The number of hydrogen-bond donors (Lipinski definition) is 2. The Labute approximate surface area is 219 Å². The summed E-state index contributed by atoms with van der Waals surface area (Å²) in [5.41, 5.74) is 1.50. The van der Waals surface area contributed by atoms with Gasteiger partial charge in [-0.05, 0) is 30.7 Å². The number of nitrogens with one attached hydrogen (secondary N) is 1. The van der Waals surface area contributed by atoms with Gasteiger partial charge in [0.05, 0.1) is 24.9 Å². The lowest BCUT2D eigenvalue weighted by Crippen LogP contribution is -2.46. The number of halogens is 2. The molecular weight excluding hydrogens is 555 g/mol. The zero-order valence-corrected chi connectivity index (χ0v) is 21.7. The summed E-state index contributed by atoms with van der Waals surface area (Å²) in [4.78, 5) is 35.4. The van der Waals surface area contributed by atoms with E-state index >= 15 is 0 Å². The van der Waals surface area contributed by atoms with Gasteiger partial charge in [-0.1, -0.05) is 22.0 Å². The number of aromatic nitrogens is 1. The van der Waals surface area contributed by atoms with Gasteiger partial charge in [0.1, 0.15) is 11.9 Å². The van der Waals surface area contributed by atoms with Crippen molar-refractivity contribution in [2.45, 2.75) is 19.1 Å². The third-order valence-electron chi connectivity index (χ3n) is 5.53. The number of ether oxygens (including phenoxy) is 2. The maximum Gasteiger partial charge on any atom is 0.338 e. The molecule has 0 amide bonds. The monoisotopic (exact) mass is 578 g/mol. The summed E-state index contributed by atoms with van der Waals surface area (Å²) in [5.74, 6) is -1.50. The van der Waals surface area contributed by atoms with Crippen LogP contribution >= 0.6 is 27.3 Å². The van der Waals surface area contributed by atoms with E-state index < -0.39 is 29.9 Å². The molecule has 190 valence electrons. The number of amidine groups is 1. The third-order valence-corrected chi connectivity index (χ3v) is 6.99. The van der Waals surface area contributed by atoms with Crippen molar-refractivity contribution in [1.82, 2.24) is 15.2 Å². The number of carbonyl (C=O) groups is 2. The highest BCUT2D eigenvalue weighted by Gasteiger charge is 2.35. The quantitative estimate of drug-likeness (QED) is 0.362. The molecule has 0 aliphatic carbocycles. The van der Waals surface area contributed by atoms with E-state index in [1.54, 1.807) is 19.2 Å². The maximum atomic E-state index is 13.9. The molecule has 1 fully saturated rings. The second-order valence-corrected chi connectivity index (χ2v) is 9.71. The number of benzene rings is 1. The molecule has 12 heteroatoms. The number of nitrogens with zero attached hydrogens (tertiary/aromatic N) is 3. The molecule has 0 radical (unpaired) electrons. The van der Waals surface area contributed by atoms with Crippen molar-refractivity contribution in [3.8, 4) is 0 Å². The minimum absolute atomic E-state index is 0.176. The van der Waals surface area contributed by atoms with Crippen molar-refractivity contribution in [2.24, 2.45) is 4.99 Å². The second kappa shape index (κ2) is 11.9. The maximum absolute atomic E-state index is 13.9. The molecule has 0 unspecified atom stereocenters. The topological polar surface area (TPSA) is 113 Å². The minimum Gasteiger partial charge on any atom is -0.478 e. The van der Waals surface area contributed by atoms with E-state index in [2.05, 4.69) is 31.1 Å². The molecule has 1 saturated heterocycles. The molecule has 0 saturated carbocycles. The SMILES string of the molecule is CCOC(=O)C1=C(CN2CCO[C@H](/C=C/C(=O)O)C2)NC(c2nccs2)=N[C@H]1c1ccc(F)cc1Br. The predicted molar refractivity (Wildman–Crippen MR) is 135 cm³/mol. The van der Waals surface area contributed by atoms with Crippen LogP contribution in [0.5, 0.6) is 0 Å². The van der Waals surface area contributed by atoms with E-state index in [-0.39, 0.29) is 6.61 Å². The average Bonchev–Trinajstić information content (AvgIpc) is 3.38. The first-order chi connectivity index (χ1) is 17.4. The molecular formula is C24H24BrFN4O5S. The Bertz CT molecular complexity index is 1220. The molecule has 0 spiro atoms. The number of hydrogen-bond acceptors (Lipinski definition) is 9. The average molecular weight is 579 g/mol. The first-order valence-electron chi connectivity index (χ1n) is 11.2. The molecule has 2 aliphatic heterocycles. The number of carboxylic acid groups (broad SMARTS) is 1. The Morgan fingerprint density at radius 3 is 2.97 bits per heavy atom. The summed E-state index contributed by atoms with van der Waals surface area (Å²) >= 11 is 4.82. The number of esters is 1. The lowest BCUT2D eigenvalue weighted by atomic mass is 9.95. The molecule has 2 atom stereocenters. The van der Waals surface area contributed by atoms with Gasteiger partial charge in [-0.15, -0.1) is 11.3 Å². The van der Waals surface area contributed by atoms with Crippen molar-refractivity contribution in [3.63, 3.8) is 0 Å². The molecule has 2 aliphatic rings. The number of rotatable bonds is 8. The summed E-state index contributed by atoms with van der Waals surface area (Å²) < 4.78 is 25.4. The van der Waals surface area contributed by atoms with E-state index in [4.69, 9.17) is 19.6 Å². The fourth-order valence-corrected chi connectivity index (χ4v) is 5.13. The molecule has 36 heavy (non-hydrogen) atoms. The van der Waals surface area contributed by atoms with Crippen molar-refractivity contribution < 1.29 is 28.6 Å². The van der Waals surface area contributed by atoms with Gasteiger partial charge in [-0.3, -0.25) is 9.89 Å². The van der Waals surface area contributed by atoms with E-state index in [1.165, 1.54) is 29.5 Å². The van der Waals surface area contributed by atoms with Crippen molar-refractivity contribution in [3.05, 3.63) is 74.1 Å². The summed E-state index contributed by atoms with van der Waals surface area (Å²) in [6, 6.07) is 3.49. The zero-order chi connectivity index (χ0) is 25.7. The summed E-state index contributed by atoms with van der Waals surface area (Å²) in [5, 5.41) is 14.7. The molecule has 0 bridgehead atoms. The molecule has 9 nitrogen and oxygen atoms in total. The molecule has 3 heterocycles. The number of morpholine rings is 1. The van der Waals surface area contributed by atoms with Crippen molar-refractivity contribution in [2.75, 3.05) is 32.8 Å². The van der Waals surface area contributed by atoms with E-state index in [9.17, 15) is 14.0 Å². The van der Waals surface area contributed by atoms with Crippen LogP contribution in [0.25, 0.3) is 0 Å². The Morgan fingerprint density at radius 2 is 2.28 bits per heavy atom. The normalized spacial score (nSPS) is 20.8. The van der Waals surface area contributed by atoms with Gasteiger partial charge in [-0.2, -0.15) is 0 Å². The third kappa shape index (κ3) is 6.25. The van der Waals surface area contributed by atoms with Crippen LogP contribution in [0.1, 0.15) is 23.5 Å². The Morgan fingerprint density at radius 1 is 1.44 bits per heavy atom. The van der Waals surface area contributed by atoms with Gasteiger partial charge in [0, 0.05) is 47.5 Å². The summed E-state index contributed by atoms with van der Waals surface area (Å²) in [6.07, 6.45) is 3.83. The Hall–Kier alpha value is -2.93. The number of carboxylic acids is 1. The number of aliphatic carboxylic acids is 1. The predicted octanol–water partition coefficient (Wildman–Crippen LogP) is 3.29. The van der Waals surface area contributed by atoms with Crippen LogP contribution in [0.15, 0.2) is 62.7 Å². The number of carbonyl (C=O) groups excluding carboxylic acids is 1. The van der Waals surface area contributed by atoms with E-state index in [0.717, 1.165) is 6.08 Å². The zero-order valence-electron chi connectivity index (χ0n) is 19.3. The van der Waals surface area contributed by atoms with Gasteiger partial charge in [0.2, 0.25) is 0 Å². The lowest BCUT2D eigenvalue weighted by Gasteiger charge is -2.34. The largest absolute Gasteiger partial charge is 0.478 e. The van der Waals surface area contributed by atoms with Gasteiger partial charge >= 0.3 is 11.9 Å². The van der Waals surface area contributed by atoms with Gasteiger partial charge in [0.25, 0.3) is 0 Å². The van der Waals surface area contributed by atoms with Crippen molar-refractivity contribution in [1.29, 1.82) is 0 Å². The van der Waals surface area contributed by atoms with E-state index in [0.29, 0.717) is 58.4 Å². The fraction of sp³-hybridized carbons (Fsp3) is 0.333. The highest BCUT2D eigenvalue weighted by molar-refractivity contribution is 9.10. The van der Waals surface area contributed by atoms with Crippen LogP contribution in [-0.4, -0.2) is 71.7 Å². The molecule has 1 aromatic heterocycles. The van der Waals surface area contributed by atoms with Gasteiger partial charge in [0.15, 0.2) is 10.8 Å². The van der Waals surface area contributed by atoms with Crippen LogP contribution in [-0.2, 0) is 19.1 Å².